The van der Waals surface area contributed by atoms with Crippen LogP contribution < -0.4 is 5.32 Å². The Morgan fingerprint density at radius 2 is 1.88 bits per heavy atom. The van der Waals surface area contributed by atoms with Crippen LogP contribution in [0.5, 0.6) is 0 Å². The zero-order valence-corrected chi connectivity index (χ0v) is 13.9. The maximum Gasteiger partial charge on any atom is 0.405 e. The quantitative estimate of drug-likeness (QED) is 0.885. The molecular weight excluding hydrogens is 321 g/mol. The first-order valence-corrected chi connectivity index (χ1v) is 8.00. The normalized spacial score (nSPS) is 19.7. The third kappa shape index (κ3) is 5.17. The van der Waals surface area contributed by atoms with E-state index >= 15 is 0 Å². The van der Waals surface area contributed by atoms with Crippen LogP contribution in [-0.2, 0) is 4.79 Å². The fraction of sp³-hybridized carbons (Fsp3) is 0.625. The summed E-state index contributed by atoms with van der Waals surface area (Å²) in [6.07, 6.45) is -0.813. The van der Waals surface area contributed by atoms with Crippen molar-refractivity contribution in [2.75, 3.05) is 32.7 Å². The van der Waals surface area contributed by atoms with Gasteiger partial charge in [-0.2, -0.15) is 13.2 Å². The maximum atomic E-state index is 12.2. The number of amides is 1. The van der Waals surface area contributed by atoms with Crippen molar-refractivity contribution >= 4 is 5.91 Å². The monoisotopic (exact) mass is 344 g/mol. The lowest BCUT2D eigenvalue weighted by Gasteiger charge is -2.40. The molecule has 0 radical (unpaired) electrons. The highest BCUT2D eigenvalue weighted by atomic mass is 19.4. The van der Waals surface area contributed by atoms with Gasteiger partial charge in [-0.25, -0.2) is 0 Å². The smallest absolute Gasteiger partial charge is 0.346 e. The molecule has 2 atom stereocenters. The summed E-state index contributed by atoms with van der Waals surface area (Å²) >= 11 is 0. The van der Waals surface area contributed by atoms with Gasteiger partial charge in [-0.05, 0) is 25.5 Å². The Morgan fingerprint density at radius 1 is 1.25 bits per heavy atom. The molecule has 0 saturated carbocycles. The Bertz CT molecular complexity index is 530. The van der Waals surface area contributed by atoms with Crippen molar-refractivity contribution in [3.05, 3.63) is 30.1 Å². The molecule has 1 aliphatic rings. The fourth-order valence-electron chi connectivity index (χ4n) is 2.85. The molecule has 2 rings (SSSR count). The van der Waals surface area contributed by atoms with E-state index in [9.17, 15) is 18.0 Å². The Labute approximate surface area is 139 Å². The van der Waals surface area contributed by atoms with E-state index in [1.165, 1.54) is 0 Å². The van der Waals surface area contributed by atoms with E-state index < -0.39 is 24.7 Å². The molecule has 8 heteroatoms. The second-order valence-corrected chi connectivity index (χ2v) is 6.04. The van der Waals surface area contributed by atoms with Gasteiger partial charge >= 0.3 is 6.18 Å². The first-order valence-electron chi connectivity index (χ1n) is 8.00. The lowest BCUT2D eigenvalue weighted by molar-refractivity contribution is -0.141. The lowest BCUT2D eigenvalue weighted by Crippen LogP contribution is -2.54. The highest BCUT2D eigenvalue weighted by Crippen LogP contribution is 2.21. The molecule has 1 aliphatic heterocycles. The van der Waals surface area contributed by atoms with E-state index in [4.69, 9.17) is 0 Å². The first kappa shape index (κ1) is 18.7. The summed E-state index contributed by atoms with van der Waals surface area (Å²) < 4.78 is 36.5. The predicted molar refractivity (Wildman–Crippen MR) is 84.3 cm³/mol. The van der Waals surface area contributed by atoms with E-state index in [1.807, 2.05) is 28.5 Å². The molecular formula is C16H23F3N4O. The second kappa shape index (κ2) is 7.94. The van der Waals surface area contributed by atoms with Crippen LogP contribution in [0.3, 0.4) is 0 Å². The third-order valence-electron chi connectivity index (χ3n) is 4.45. The van der Waals surface area contributed by atoms with Crippen LogP contribution in [0.1, 0.15) is 25.5 Å². The molecule has 2 heterocycles. The number of halogens is 3. The molecule has 5 nitrogen and oxygen atoms in total. The zero-order valence-electron chi connectivity index (χ0n) is 13.9. The number of rotatable bonds is 5. The van der Waals surface area contributed by atoms with Crippen LogP contribution in [0.4, 0.5) is 13.2 Å². The minimum atomic E-state index is -4.38. The molecule has 1 N–H and O–H groups in total. The summed E-state index contributed by atoms with van der Waals surface area (Å²) in [4.78, 5) is 20.2. The SMILES string of the molecule is C[C@@H](C(=O)NCC(F)(F)F)N1CCN([C@@H](C)c2cccnc2)CC1. The molecule has 0 spiro atoms. The molecule has 0 unspecified atom stereocenters. The van der Waals surface area contributed by atoms with Crippen LogP contribution in [0.15, 0.2) is 24.5 Å². The van der Waals surface area contributed by atoms with Gasteiger partial charge in [0, 0.05) is 44.6 Å². The van der Waals surface area contributed by atoms with E-state index in [0.29, 0.717) is 13.1 Å². The third-order valence-corrected chi connectivity index (χ3v) is 4.45. The molecule has 1 aromatic heterocycles. The van der Waals surface area contributed by atoms with E-state index in [-0.39, 0.29) is 6.04 Å². The number of hydrogen-bond acceptors (Lipinski definition) is 4. The number of alkyl halides is 3. The Morgan fingerprint density at radius 3 is 2.42 bits per heavy atom. The largest absolute Gasteiger partial charge is 0.405 e. The standard InChI is InChI=1S/C16H23F3N4O/c1-12(14-4-3-5-20-10-14)22-6-8-23(9-7-22)13(2)15(24)21-11-16(17,18)19/h3-5,10,12-13H,6-9,11H2,1-2H3,(H,21,24)/t12-,13-/m0/s1. The van der Waals surface area contributed by atoms with Crippen molar-refractivity contribution in [1.29, 1.82) is 0 Å². The molecule has 1 amide bonds. The van der Waals surface area contributed by atoms with Crippen molar-refractivity contribution in [2.24, 2.45) is 0 Å². The van der Waals surface area contributed by atoms with Crippen LogP contribution in [0.25, 0.3) is 0 Å². The molecule has 0 aromatic carbocycles. The lowest BCUT2D eigenvalue weighted by atomic mass is 10.1. The number of carbonyl (C=O) groups is 1. The first-order chi connectivity index (χ1) is 11.3. The summed E-state index contributed by atoms with van der Waals surface area (Å²) in [5.74, 6) is -0.582. The zero-order chi connectivity index (χ0) is 17.7. The van der Waals surface area contributed by atoms with Crippen molar-refractivity contribution in [2.45, 2.75) is 32.1 Å². The average molecular weight is 344 g/mol. The van der Waals surface area contributed by atoms with Crippen molar-refractivity contribution in [3.63, 3.8) is 0 Å². The minimum absolute atomic E-state index is 0.218. The van der Waals surface area contributed by atoms with Gasteiger partial charge in [0.1, 0.15) is 6.54 Å². The van der Waals surface area contributed by atoms with Crippen LogP contribution in [0.2, 0.25) is 0 Å². The minimum Gasteiger partial charge on any atom is -0.346 e. The molecule has 0 aliphatic carbocycles. The van der Waals surface area contributed by atoms with Crippen LogP contribution >= 0.6 is 0 Å². The van der Waals surface area contributed by atoms with Crippen LogP contribution in [0, 0.1) is 0 Å². The van der Waals surface area contributed by atoms with E-state index in [2.05, 4.69) is 16.8 Å². The number of aromatic nitrogens is 1. The summed E-state index contributed by atoms with van der Waals surface area (Å²) in [7, 11) is 0. The van der Waals surface area contributed by atoms with E-state index in [0.717, 1.165) is 18.7 Å². The average Bonchev–Trinajstić information content (AvgIpc) is 2.58. The van der Waals surface area contributed by atoms with Gasteiger partial charge in [-0.3, -0.25) is 19.6 Å². The highest BCUT2D eigenvalue weighted by Gasteiger charge is 2.31. The Balaban J connectivity index is 1.82. The molecule has 1 aromatic rings. The molecule has 24 heavy (non-hydrogen) atoms. The topological polar surface area (TPSA) is 48.5 Å². The van der Waals surface area contributed by atoms with Crippen molar-refractivity contribution < 1.29 is 18.0 Å². The second-order valence-electron chi connectivity index (χ2n) is 6.04. The van der Waals surface area contributed by atoms with Crippen molar-refractivity contribution in [1.82, 2.24) is 20.1 Å². The summed E-state index contributed by atoms with van der Waals surface area (Å²) in [5, 5.41) is 1.95. The van der Waals surface area contributed by atoms with Gasteiger partial charge < -0.3 is 5.32 Å². The Kier molecular flexibility index (Phi) is 6.17. The number of nitrogens with one attached hydrogen (secondary N) is 1. The number of carbonyl (C=O) groups excluding carboxylic acids is 1. The van der Waals surface area contributed by atoms with Gasteiger partial charge in [0.05, 0.1) is 6.04 Å². The fourth-order valence-corrected chi connectivity index (χ4v) is 2.85. The van der Waals surface area contributed by atoms with Gasteiger partial charge in [-0.15, -0.1) is 0 Å². The number of piperazine rings is 1. The van der Waals surface area contributed by atoms with Gasteiger partial charge in [0.25, 0.3) is 0 Å². The Hall–Kier alpha value is -1.67. The molecule has 0 bridgehead atoms. The summed E-state index contributed by atoms with van der Waals surface area (Å²) in [6, 6.07) is 3.57. The van der Waals surface area contributed by atoms with Gasteiger partial charge in [-0.1, -0.05) is 6.07 Å². The van der Waals surface area contributed by atoms with E-state index in [1.54, 1.807) is 13.1 Å². The van der Waals surface area contributed by atoms with Crippen molar-refractivity contribution in [3.8, 4) is 0 Å². The number of nitrogens with zero attached hydrogens (tertiary/aromatic N) is 3. The summed E-state index contributed by atoms with van der Waals surface area (Å²) in [6.45, 7) is 5.27. The highest BCUT2D eigenvalue weighted by molar-refractivity contribution is 5.81. The maximum absolute atomic E-state index is 12.2. The molecule has 1 saturated heterocycles. The molecule has 1 fully saturated rings. The number of hydrogen-bond donors (Lipinski definition) is 1. The van der Waals surface area contributed by atoms with Gasteiger partial charge in [0.2, 0.25) is 5.91 Å². The predicted octanol–water partition coefficient (Wildman–Crippen LogP) is 1.83. The van der Waals surface area contributed by atoms with Crippen LogP contribution in [-0.4, -0.2) is 65.6 Å². The van der Waals surface area contributed by atoms with Gasteiger partial charge in [0.15, 0.2) is 0 Å². The summed E-state index contributed by atoms with van der Waals surface area (Å²) in [5.41, 5.74) is 1.13. The number of pyridine rings is 1. The molecule has 134 valence electrons.